The van der Waals surface area contributed by atoms with Crippen molar-refractivity contribution in [3.05, 3.63) is 45.2 Å². The SMILES string of the molecule is CCCc1nnc(NC(=O)c2cn(CC)c3ccc(OC)cc3c2=O)s1. The molecular formula is C18H20N4O3S. The number of fused-ring (bicyclic) bond motifs is 1. The Bertz CT molecular complexity index is 1010. The molecule has 7 nitrogen and oxygen atoms in total. The molecule has 26 heavy (non-hydrogen) atoms. The third kappa shape index (κ3) is 3.45. The summed E-state index contributed by atoms with van der Waals surface area (Å²) >= 11 is 1.32. The van der Waals surface area contributed by atoms with Crippen molar-refractivity contribution in [3.8, 4) is 5.75 Å². The topological polar surface area (TPSA) is 86.1 Å². The molecule has 8 heteroatoms. The normalized spacial score (nSPS) is 10.9. The molecule has 1 amide bonds. The van der Waals surface area contributed by atoms with Crippen LogP contribution in [0.5, 0.6) is 5.75 Å². The summed E-state index contributed by atoms with van der Waals surface area (Å²) in [7, 11) is 1.54. The highest BCUT2D eigenvalue weighted by molar-refractivity contribution is 7.15. The van der Waals surface area contributed by atoms with Crippen LogP contribution in [0.3, 0.4) is 0 Å². The van der Waals surface area contributed by atoms with Gasteiger partial charge in [-0.1, -0.05) is 18.3 Å². The summed E-state index contributed by atoms with van der Waals surface area (Å²) in [6, 6.07) is 5.28. The largest absolute Gasteiger partial charge is 0.497 e. The van der Waals surface area contributed by atoms with Crippen LogP contribution in [0, 0.1) is 0 Å². The Hall–Kier alpha value is -2.74. The van der Waals surface area contributed by atoms with Crippen LogP contribution in [-0.2, 0) is 13.0 Å². The van der Waals surface area contributed by atoms with E-state index in [-0.39, 0.29) is 11.0 Å². The van der Waals surface area contributed by atoms with E-state index in [0.717, 1.165) is 23.4 Å². The Kier molecular flexibility index (Phi) is 5.32. The Labute approximate surface area is 154 Å². The van der Waals surface area contributed by atoms with Crippen LogP contribution in [0.15, 0.2) is 29.2 Å². The molecule has 3 rings (SSSR count). The number of nitrogens with one attached hydrogen (secondary N) is 1. The number of hydrogen-bond donors (Lipinski definition) is 1. The average Bonchev–Trinajstić information content (AvgIpc) is 3.09. The van der Waals surface area contributed by atoms with Gasteiger partial charge in [0.05, 0.1) is 18.0 Å². The zero-order chi connectivity index (χ0) is 18.7. The molecule has 2 heterocycles. The number of carbonyl (C=O) groups excluding carboxylic acids is 1. The van der Waals surface area contributed by atoms with Gasteiger partial charge in [0.1, 0.15) is 16.3 Å². The van der Waals surface area contributed by atoms with Crippen LogP contribution in [0.1, 0.15) is 35.6 Å². The van der Waals surface area contributed by atoms with Crippen molar-refractivity contribution in [2.45, 2.75) is 33.2 Å². The maximum Gasteiger partial charge on any atom is 0.262 e. The van der Waals surface area contributed by atoms with Crippen LogP contribution in [-0.4, -0.2) is 27.8 Å². The first-order valence-electron chi connectivity index (χ1n) is 8.42. The van der Waals surface area contributed by atoms with Gasteiger partial charge in [-0.05, 0) is 31.5 Å². The molecule has 136 valence electrons. The van der Waals surface area contributed by atoms with E-state index in [9.17, 15) is 9.59 Å². The van der Waals surface area contributed by atoms with Gasteiger partial charge < -0.3 is 9.30 Å². The second-order valence-corrected chi connectivity index (χ2v) is 6.81. The molecule has 0 aliphatic carbocycles. The first-order chi connectivity index (χ1) is 12.6. The summed E-state index contributed by atoms with van der Waals surface area (Å²) in [5.74, 6) is 0.0873. The van der Waals surface area contributed by atoms with Crippen molar-refractivity contribution < 1.29 is 9.53 Å². The van der Waals surface area contributed by atoms with Gasteiger partial charge in [0.15, 0.2) is 0 Å². The van der Waals surface area contributed by atoms with Gasteiger partial charge in [0.2, 0.25) is 10.6 Å². The number of pyridine rings is 1. The Morgan fingerprint density at radius 2 is 2.12 bits per heavy atom. The Morgan fingerprint density at radius 1 is 1.31 bits per heavy atom. The monoisotopic (exact) mass is 372 g/mol. The minimum atomic E-state index is -0.485. The number of aryl methyl sites for hydroxylation is 2. The summed E-state index contributed by atoms with van der Waals surface area (Å²) in [6.45, 7) is 4.64. The predicted octanol–water partition coefficient (Wildman–Crippen LogP) is 3.09. The number of nitrogens with zero attached hydrogens (tertiary/aromatic N) is 3. The molecular weight excluding hydrogens is 352 g/mol. The minimum absolute atomic E-state index is 0.0693. The number of methoxy groups -OCH3 is 1. The molecule has 0 aliphatic rings. The van der Waals surface area contributed by atoms with Crippen molar-refractivity contribution in [1.82, 2.24) is 14.8 Å². The average molecular weight is 372 g/mol. The Morgan fingerprint density at radius 3 is 2.81 bits per heavy atom. The molecule has 0 bridgehead atoms. The maximum atomic E-state index is 12.8. The molecule has 0 saturated carbocycles. The molecule has 0 unspecified atom stereocenters. The fraction of sp³-hybridized carbons (Fsp3) is 0.333. The second-order valence-electron chi connectivity index (χ2n) is 5.75. The smallest absolute Gasteiger partial charge is 0.262 e. The lowest BCUT2D eigenvalue weighted by Crippen LogP contribution is -2.23. The second kappa shape index (κ2) is 7.65. The summed E-state index contributed by atoms with van der Waals surface area (Å²) < 4.78 is 7.08. The lowest BCUT2D eigenvalue weighted by atomic mass is 10.1. The lowest BCUT2D eigenvalue weighted by molar-refractivity contribution is 0.102. The van der Waals surface area contributed by atoms with E-state index >= 15 is 0 Å². The molecule has 0 atom stereocenters. The zero-order valence-electron chi connectivity index (χ0n) is 14.9. The van der Waals surface area contributed by atoms with Crippen molar-refractivity contribution >= 4 is 33.3 Å². The molecule has 0 spiro atoms. The number of rotatable bonds is 6. The number of anilines is 1. The third-order valence-corrected chi connectivity index (χ3v) is 4.92. The van der Waals surface area contributed by atoms with E-state index < -0.39 is 5.91 Å². The third-order valence-electron chi connectivity index (χ3n) is 4.02. The molecule has 0 saturated heterocycles. The molecule has 0 aliphatic heterocycles. The quantitative estimate of drug-likeness (QED) is 0.719. The van der Waals surface area contributed by atoms with Crippen LogP contribution >= 0.6 is 11.3 Å². The molecule has 1 aromatic carbocycles. The molecule has 2 aromatic heterocycles. The molecule has 0 fully saturated rings. The highest BCUT2D eigenvalue weighted by atomic mass is 32.1. The summed E-state index contributed by atoms with van der Waals surface area (Å²) in [5, 5.41) is 12.4. The van der Waals surface area contributed by atoms with E-state index in [1.807, 2.05) is 17.6 Å². The van der Waals surface area contributed by atoms with Crippen molar-refractivity contribution in [1.29, 1.82) is 0 Å². The van der Waals surface area contributed by atoms with E-state index in [1.54, 1.807) is 25.4 Å². The number of carbonyl (C=O) groups is 1. The van der Waals surface area contributed by atoms with Gasteiger partial charge in [-0.15, -0.1) is 10.2 Å². The van der Waals surface area contributed by atoms with Gasteiger partial charge in [0, 0.05) is 19.2 Å². The standard InChI is InChI=1S/C18H20N4O3S/c1-4-6-15-20-21-18(26-15)19-17(24)13-10-22(5-2)14-8-7-11(25-3)9-12(14)16(13)23/h7-10H,4-6H2,1-3H3,(H,19,21,24). The molecule has 3 aromatic rings. The van der Waals surface area contributed by atoms with Gasteiger partial charge >= 0.3 is 0 Å². The fourth-order valence-corrected chi connectivity index (χ4v) is 3.55. The summed E-state index contributed by atoms with van der Waals surface area (Å²) in [4.78, 5) is 25.5. The highest BCUT2D eigenvalue weighted by Gasteiger charge is 2.17. The van der Waals surface area contributed by atoms with Gasteiger partial charge in [-0.2, -0.15) is 0 Å². The van der Waals surface area contributed by atoms with Crippen molar-refractivity contribution in [2.24, 2.45) is 0 Å². The number of amides is 1. The highest BCUT2D eigenvalue weighted by Crippen LogP contribution is 2.20. The van der Waals surface area contributed by atoms with Crippen molar-refractivity contribution in [3.63, 3.8) is 0 Å². The summed E-state index contributed by atoms with van der Waals surface area (Å²) in [6.07, 6.45) is 3.35. The van der Waals surface area contributed by atoms with Crippen molar-refractivity contribution in [2.75, 3.05) is 12.4 Å². The van der Waals surface area contributed by atoms with Crippen LogP contribution in [0.25, 0.3) is 10.9 Å². The predicted molar refractivity (Wildman–Crippen MR) is 102 cm³/mol. The molecule has 0 radical (unpaired) electrons. The molecule has 1 N–H and O–H groups in total. The first-order valence-corrected chi connectivity index (χ1v) is 9.24. The fourth-order valence-electron chi connectivity index (χ4n) is 2.71. The number of hydrogen-bond acceptors (Lipinski definition) is 6. The van der Waals surface area contributed by atoms with Gasteiger partial charge in [-0.3, -0.25) is 14.9 Å². The number of aromatic nitrogens is 3. The van der Waals surface area contributed by atoms with Crippen LogP contribution in [0.4, 0.5) is 5.13 Å². The van der Waals surface area contributed by atoms with E-state index in [4.69, 9.17) is 4.74 Å². The van der Waals surface area contributed by atoms with E-state index in [2.05, 4.69) is 22.4 Å². The Balaban J connectivity index is 2.01. The van der Waals surface area contributed by atoms with E-state index in [1.165, 1.54) is 11.3 Å². The van der Waals surface area contributed by atoms with Gasteiger partial charge in [0.25, 0.3) is 5.91 Å². The van der Waals surface area contributed by atoms with Gasteiger partial charge in [-0.25, -0.2) is 0 Å². The van der Waals surface area contributed by atoms with E-state index in [0.29, 0.717) is 22.8 Å². The first kappa shape index (κ1) is 18.1. The lowest BCUT2D eigenvalue weighted by Gasteiger charge is -2.12. The summed E-state index contributed by atoms with van der Waals surface area (Å²) in [5.41, 5.74) is 0.496. The van der Waals surface area contributed by atoms with Crippen LogP contribution < -0.4 is 15.5 Å². The number of ether oxygens (including phenoxy) is 1. The number of benzene rings is 1. The van der Waals surface area contributed by atoms with Crippen LogP contribution in [0.2, 0.25) is 0 Å². The zero-order valence-corrected chi connectivity index (χ0v) is 15.7. The maximum absolute atomic E-state index is 12.8. The minimum Gasteiger partial charge on any atom is -0.497 e.